The number of rotatable bonds is 8. The molecule has 4 aromatic rings. The Hall–Kier alpha value is -4.08. The van der Waals surface area contributed by atoms with E-state index in [2.05, 4.69) is 30.8 Å². The Morgan fingerprint density at radius 3 is 2.31 bits per heavy atom. The fraction of sp³-hybridized carbons (Fsp3) is 0.469. The quantitative estimate of drug-likeness (QED) is 0.167. The van der Waals surface area contributed by atoms with Crippen molar-refractivity contribution in [3.63, 3.8) is 0 Å². The minimum atomic E-state index is -0.759. The molecule has 0 bridgehead atoms. The van der Waals surface area contributed by atoms with Crippen molar-refractivity contribution in [1.29, 1.82) is 0 Å². The average molecular weight is 705 g/mol. The number of fused-ring (bicyclic) bond motifs is 2. The van der Waals surface area contributed by atoms with Crippen LogP contribution in [0.3, 0.4) is 0 Å². The molecular weight excluding hydrogens is 666 g/mol. The first-order valence-electron chi connectivity index (χ1n) is 15.3. The van der Waals surface area contributed by atoms with E-state index in [1.165, 1.54) is 12.1 Å². The number of alkyl carbamates (subject to hydrolysis) is 1. The van der Waals surface area contributed by atoms with Gasteiger partial charge in [-0.1, -0.05) is 22.9 Å². The number of carbonyl (C=O) groups is 2. The summed E-state index contributed by atoms with van der Waals surface area (Å²) in [6.45, 7) is 12.2. The van der Waals surface area contributed by atoms with Crippen LogP contribution < -0.4 is 20.9 Å². The smallest absolute Gasteiger partial charge is 0.413 e. The fourth-order valence-corrected chi connectivity index (χ4v) is 6.11. The molecule has 0 radical (unpaired) electrons. The molecule has 2 aromatic carbocycles. The molecule has 2 amide bonds. The van der Waals surface area contributed by atoms with Crippen molar-refractivity contribution in [2.24, 2.45) is 0 Å². The summed E-state index contributed by atoms with van der Waals surface area (Å²) >= 11 is 7.65. The van der Waals surface area contributed by atoms with Crippen molar-refractivity contribution in [2.75, 3.05) is 55.8 Å². The number of likely N-dealkylation sites (N-methyl/N-ethyl adjacent to an activating group) is 1. The highest BCUT2D eigenvalue weighted by Gasteiger charge is 2.32. The van der Waals surface area contributed by atoms with Crippen molar-refractivity contribution in [3.05, 3.63) is 34.9 Å². The minimum absolute atomic E-state index is 0.00453. The van der Waals surface area contributed by atoms with Crippen molar-refractivity contribution in [1.82, 2.24) is 25.2 Å². The van der Waals surface area contributed by atoms with Gasteiger partial charge in [0.25, 0.3) is 0 Å². The zero-order valence-electron chi connectivity index (χ0n) is 28.0. The van der Waals surface area contributed by atoms with E-state index in [4.69, 9.17) is 26.1 Å². The molecule has 12 nitrogen and oxygen atoms in total. The van der Waals surface area contributed by atoms with Crippen LogP contribution >= 0.6 is 22.9 Å². The second-order valence-corrected chi connectivity index (χ2v) is 15.0. The highest BCUT2D eigenvalue weighted by Crippen LogP contribution is 2.42. The molecule has 1 aliphatic heterocycles. The summed E-state index contributed by atoms with van der Waals surface area (Å²) < 4.78 is 42.4. The van der Waals surface area contributed by atoms with E-state index < -0.39 is 35.0 Å². The summed E-state index contributed by atoms with van der Waals surface area (Å²) in [6.07, 6.45) is -1.32. The predicted molar refractivity (Wildman–Crippen MR) is 185 cm³/mol. The van der Waals surface area contributed by atoms with Gasteiger partial charge in [-0.2, -0.15) is 4.98 Å². The van der Waals surface area contributed by atoms with Crippen LogP contribution in [0.15, 0.2) is 18.2 Å². The van der Waals surface area contributed by atoms with E-state index in [1.807, 2.05) is 19.0 Å². The SMILES string of the molecule is CN(C)C1CN(c2nc(NCCNC(=O)OC(C)(C)C)c3cc(Cl)c(-c4ccc(F)c5sc(NC(=O)OC(C)(C)C)nc45)c(F)c3n2)C1. The first-order chi connectivity index (χ1) is 22.4. The molecule has 1 fully saturated rings. The highest BCUT2D eigenvalue weighted by molar-refractivity contribution is 7.22. The van der Waals surface area contributed by atoms with E-state index in [0.29, 0.717) is 30.2 Å². The van der Waals surface area contributed by atoms with Crippen molar-refractivity contribution in [3.8, 4) is 11.1 Å². The van der Waals surface area contributed by atoms with Crippen LogP contribution in [-0.4, -0.2) is 89.6 Å². The Balaban J connectivity index is 1.53. The van der Waals surface area contributed by atoms with Gasteiger partial charge in [-0.15, -0.1) is 0 Å². The molecule has 3 N–H and O–H groups in total. The van der Waals surface area contributed by atoms with Gasteiger partial charge in [0, 0.05) is 48.7 Å². The van der Waals surface area contributed by atoms with Gasteiger partial charge in [-0.3, -0.25) is 5.32 Å². The lowest BCUT2D eigenvalue weighted by atomic mass is 10.0. The average Bonchev–Trinajstić information content (AvgIpc) is 3.34. The number of ether oxygens (including phenoxy) is 2. The Morgan fingerprint density at radius 1 is 1.00 bits per heavy atom. The monoisotopic (exact) mass is 704 g/mol. The zero-order chi connectivity index (χ0) is 35.1. The van der Waals surface area contributed by atoms with Crippen molar-refractivity contribution >= 4 is 73.1 Å². The molecule has 0 unspecified atom stereocenters. The Morgan fingerprint density at radius 2 is 1.67 bits per heavy atom. The third kappa shape index (κ3) is 7.96. The number of nitrogens with zero attached hydrogens (tertiary/aromatic N) is 5. The third-order valence-corrected chi connectivity index (χ3v) is 8.48. The lowest BCUT2D eigenvalue weighted by molar-refractivity contribution is 0.0528. The number of nitrogens with one attached hydrogen (secondary N) is 3. The lowest BCUT2D eigenvalue weighted by Crippen LogP contribution is -2.58. The molecule has 48 heavy (non-hydrogen) atoms. The highest BCUT2D eigenvalue weighted by atomic mass is 35.5. The molecule has 16 heteroatoms. The molecule has 3 heterocycles. The molecule has 0 saturated carbocycles. The summed E-state index contributed by atoms with van der Waals surface area (Å²) in [5, 5.41) is 8.80. The van der Waals surface area contributed by atoms with Crippen LogP contribution in [0.2, 0.25) is 5.02 Å². The number of anilines is 3. The molecular formula is C32H39ClF2N8O4S. The van der Waals surface area contributed by atoms with Crippen LogP contribution in [0.1, 0.15) is 41.5 Å². The van der Waals surface area contributed by atoms with Crippen LogP contribution in [0, 0.1) is 11.6 Å². The van der Waals surface area contributed by atoms with E-state index in [1.54, 1.807) is 47.6 Å². The van der Waals surface area contributed by atoms with E-state index in [-0.39, 0.29) is 56.1 Å². The number of benzene rings is 2. The molecule has 0 aliphatic carbocycles. The minimum Gasteiger partial charge on any atom is -0.444 e. The van der Waals surface area contributed by atoms with Crippen LogP contribution in [-0.2, 0) is 9.47 Å². The number of carbonyl (C=O) groups excluding carboxylic acids is 2. The summed E-state index contributed by atoms with van der Waals surface area (Å²) in [7, 11) is 3.97. The van der Waals surface area contributed by atoms with Gasteiger partial charge in [0.05, 0.1) is 15.2 Å². The summed E-state index contributed by atoms with van der Waals surface area (Å²) in [4.78, 5) is 42.3. The van der Waals surface area contributed by atoms with E-state index >= 15 is 4.39 Å². The van der Waals surface area contributed by atoms with Gasteiger partial charge in [-0.05, 0) is 73.8 Å². The number of thiazole rings is 1. The largest absolute Gasteiger partial charge is 0.444 e. The molecule has 1 aliphatic rings. The number of halogens is 3. The van der Waals surface area contributed by atoms with E-state index in [0.717, 1.165) is 11.3 Å². The topological polar surface area (TPSA) is 134 Å². The number of hydrogen-bond donors (Lipinski definition) is 3. The molecule has 2 aromatic heterocycles. The van der Waals surface area contributed by atoms with Crippen molar-refractivity contribution < 1.29 is 27.8 Å². The van der Waals surface area contributed by atoms with Gasteiger partial charge in [0.2, 0.25) is 5.95 Å². The van der Waals surface area contributed by atoms with E-state index in [9.17, 15) is 14.0 Å². The first kappa shape index (κ1) is 35.2. The van der Waals surface area contributed by atoms with Crippen LogP contribution in [0.5, 0.6) is 0 Å². The Bertz CT molecular complexity index is 1870. The van der Waals surface area contributed by atoms with Crippen molar-refractivity contribution in [2.45, 2.75) is 58.8 Å². The number of hydrogen-bond acceptors (Lipinski definition) is 11. The van der Waals surface area contributed by atoms with Gasteiger partial charge in [-0.25, -0.2) is 28.3 Å². The second kappa shape index (κ2) is 13.4. The normalized spacial score (nSPS) is 14.0. The predicted octanol–water partition coefficient (Wildman–Crippen LogP) is 6.87. The molecule has 258 valence electrons. The molecule has 0 atom stereocenters. The molecule has 1 saturated heterocycles. The third-order valence-electron chi connectivity index (χ3n) is 7.20. The number of aromatic nitrogens is 3. The Kier molecular flexibility index (Phi) is 9.86. The summed E-state index contributed by atoms with van der Waals surface area (Å²) in [5.74, 6) is -0.700. The molecule has 5 rings (SSSR count). The first-order valence-corrected chi connectivity index (χ1v) is 16.5. The number of amides is 2. The van der Waals surface area contributed by atoms with Crippen LogP contribution in [0.25, 0.3) is 32.2 Å². The van der Waals surface area contributed by atoms with Gasteiger partial charge >= 0.3 is 12.2 Å². The van der Waals surface area contributed by atoms with Gasteiger partial charge < -0.3 is 29.9 Å². The summed E-state index contributed by atoms with van der Waals surface area (Å²) in [6, 6.07) is 4.42. The second-order valence-electron chi connectivity index (χ2n) is 13.6. The maximum absolute atomic E-state index is 16.7. The maximum Gasteiger partial charge on any atom is 0.413 e. The van der Waals surface area contributed by atoms with Gasteiger partial charge in [0.1, 0.15) is 28.4 Å². The molecule has 0 spiro atoms. The maximum atomic E-state index is 16.7. The Labute approximate surface area is 286 Å². The standard InChI is InChI=1S/C32H39ClF2N8O4S/c1-31(2,3)46-29(44)37-12-11-36-26-18-13-19(33)21(22(35)23(18)38-27(40-26)43-14-16(15-43)42(7)8)17-9-10-20(34)25-24(17)39-28(48-25)41-30(45)47-32(4,5)6/h9-10,13,16H,11-12,14-15H2,1-8H3,(H,37,44)(H,36,38,40)(H,39,41,45). The summed E-state index contributed by atoms with van der Waals surface area (Å²) in [5.41, 5.74) is -1.10. The lowest BCUT2D eigenvalue weighted by Gasteiger charge is -2.42. The zero-order valence-corrected chi connectivity index (χ0v) is 29.6. The van der Waals surface area contributed by atoms with Gasteiger partial charge in [0.15, 0.2) is 10.9 Å². The fourth-order valence-electron chi connectivity index (χ4n) is 4.93. The van der Waals surface area contributed by atoms with Crippen LogP contribution in [0.4, 0.5) is 35.3 Å².